The van der Waals surface area contributed by atoms with Crippen LogP contribution in [0.2, 0.25) is 0 Å². The highest BCUT2D eigenvalue weighted by atomic mass is 16.5. The lowest BCUT2D eigenvalue weighted by molar-refractivity contribution is -0.134. The third kappa shape index (κ3) is 4.85. The average Bonchev–Trinajstić information content (AvgIpc) is 2.98. The summed E-state index contributed by atoms with van der Waals surface area (Å²) >= 11 is 0. The maximum atomic E-state index is 13.2. The molecule has 2 aromatic carbocycles. The number of benzene rings is 2. The average molecular weight is 466 g/mol. The molecule has 4 rings (SSSR count). The predicted molar refractivity (Wildman–Crippen MR) is 127 cm³/mol. The van der Waals surface area contributed by atoms with Crippen LogP contribution in [0.5, 0.6) is 11.5 Å². The monoisotopic (exact) mass is 465 g/mol. The van der Waals surface area contributed by atoms with Gasteiger partial charge in [-0.15, -0.1) is 0 Å². The van der Waals surface area contributed by atoms with Crippen LogP contribution in [0.15, 0.2) is 42.5 Å². The van der Waals surface area contributed by atoms with Gasteiger partial charge in [0, 0.05) is 13.0 Å². The van der Waals surface area contributed by atoms with Gasteiger partial charge in [0.15, 0.2) is 11.5 Å². The van der Waals surface area contributed by atoms with Gasteiger partial charge in [-0.05, 0) is 48.1 Å². The number of hydrogen-bond acceptors (Lipinski definition) is 5. The van der Waals surface area contributed by atoms with E-state index < -0.39 is 17.5 Å². The molecule has 0 saturated carbocycles. The quantitative estimate of drug-likeness (QED) is 0.613. The van der Waals surface area contributed by atoms with E-state index in [2.05, 4.69) is 48.7 Å². The molecule has 2 aromatic rings. The summed E-state index contributed by atoms with van der Waals surface area (Å²) in [6.07, 6.45) is 1.43. The number of urea groups is 1. The Bertz CT molecular complexity index is 1080. The van der Waals surface area contributed by atoms with Crippen molar-refractivity contribution in [3.63, 3.8) is 0 Å². The first-order valence-electron chi connectivity index (χ1n) is 11.7. The SMILES string of the molecule is CC(C)c1ccc(CCNC(=O)CN2C(=O)NC(C)(c3ccc4c(c3)OCCCO4)C2=O)cc1. The Kier molecular flexibility index (Phi) is 6.77. The number of fused-ring (bicyclic) bond motifs is 1. The largest absolute Gasteiger partial charge is 0.490 e. The Hall–Kier alpha value is -3.55. The standard InChI is InChI=1S/C26H31N3O5/c1-17(2)19-7-5-18(6-8-19)11-12-27-23(30)16-29-24(31)26(3,28-25(29)32)20-9-10-21-22(15-20)34-14-4-13-33-21/h5-10,15,17H,4,11-14,16H2,1-3H3,(H,27,30)(H,28,32). The number of ether oxygens (including phenoxy) is 2. The van der Waals surface area contributed by atoms with Crippen molar-refractivity contribution >= 4 is 17.8 Å². The molecular weight excluding hydrogens is 434 g/mol. The van der Waals surface area contributed by atoms with Crippen LogP contribution in [-0.4, -0.2) is 49.0 Å². The summed E-state index contributed by atoms with van der Waals surface area (Å²) in [5.74, 6) is 0.750. The number of amides is 4. The van der Waals surface area contributed by atoms with Gasteiger partial charge in [-0.25, -0.2) is 4.79 Å². The summed E-state index contributed by atoms with van der Waals surface area (Å²) in [6, 6.07) is 12.9. The zero-order chi connectivity index (χ0) is 24.3. The molecule has 34 heavy (non-hydrogen) atoms. The van der Waals surface area contributed by atoms with Crippen LogP contribution in [0, 0.1) is 0 Å². The number of hydrogen-bond donors (Lipinski definition) is 2. The lowest BCUT2D eigenvalue weighted by Gasteiger charge is -2.23. The first kappa shape index (κ1) is 23.6. The van der Waals surface area contributed by atoms with Crippen LogP contribution in [0.1, 0.15) is 49.8 Å². The minimum Gasteiger partial charge on any atom is -0.490 e. The molecule has 0 aromatic heterocycles. The van der Waals surface area contributed by atoms with Crippen LogP contribution in [0.25, 0.3) is 0 Å². The minimum atomic E-state index is -1.29. The highest BCUT2D eigenvalue weighted by Gasteiger charge is 2.49. The van der Waals surface area contributed by atoms with E-state index in [-0.39, 0.29) is 12.5 Å². The Morgan fingerprint density at radius 1 is 1.09 bits per heavy atom. The zero-order valence-electron chi connectivity index (χ0n) is 19.8. The second kappa shape index (κ2) is 9.75. The Morgan fingerprint density at radius 3 is 2.50 bits per heavy atom. The van der Waals surface area contributed by atoms with Crippen LogP contribution < -0.4 is 20.1 Å². The second-order valence-corrected chi connectivity index (χ2v) is 9.15. The summed E-state index contributed by atoms with van der Waals surface area (Å²) in [7, 11) is 0. The lowest BCUT2D eigenvalue weighted by atomic mass is 9.91. The molecule has 8 heteroatoms. The first-order valence-corrected chi connectivity index (χ1v) is 11.7. The molecule has 4 amide bonds. The molecule has 1 unspecified atom stereocenters. The van der Waals surface area contributed by atoms with E-state index in [1.807, 2.05) is 0 Å². The van der Waals surface area contributed by atoms with E-state index in [1.54, 1.807) is 25.1 Å². The smallest absolute Gasteiger partial charge is 0.325 e. The molecule has 180 valence electrons. The van der Waals surface area contributed by atoms with Crippen molar-refractivity contribution in [3.05, 3.63) is 59.2 Å². The van der Waals surface area contributed by atoms with Gasteiger partial charge in [0.2, 0.25) is 5.91 Å². The lowest BCUT2D eigenvalue weighted by Crippen LogP contribution is -2.43. The van der Waals surface area contributed by atoms with Crippen molar-refractivity contribution in [2.24, 2.45) is 0 Å². The third-order valence-corrected chi connectivity index (χ3v) is 6.28. The molecule has 1 saturated heterocycles. The third-order valence-electron chi connectivity index (χ3n) is 6.28. The summed E-state index contributed by atoms with van der Waals surface area (Å²) in [4.78, 5) is 39.2. The predicted octanol–water partition coefficient (Wildman–Crippen LogP) is 3.10. The fourth-order valence-corrected chi connectivity index (χ4v) is 4.13. The number of imide groups is 1. The molecule has 2 aliphatic rings. The van der Waals surface area contributed by atoms with Gasteiger partial charge >= 0.3 is 6.03 Å². The molecule has 2 N–H and O–H groups in total. The molecule has 2 heterocycles. The van der Waals surface area contributed by atoms with Crippen LogP contribution in [0.4, 0.5) is 4.79 Å². The summed E-state index contributed by atoms with van der Waals surface area (Å²) in [5, 5.41) is 5.53. The van der Waals surface area contributed by atoms with Crippen molar-refractivity contribution < 1.29 is 23.9 Å². The van der Waals surface area contributed by atoms with Gasteiger partial charge < -0.3 is 20.1 Å². The molecule has 0 bridgehead atoms. The fourth-order valence-electron chi connectivity index (χ4n) is 4.13. The van der Waals surface area contributed by atoms with E-state index in [4.69, 9.17) is 9.47 Å². The van der Waals surface area contributed by atoms with Crippen molar-refractivity contribution in [3.8, 4) is 11.5 Å². The highest BCUT2D eigenvalue weighted by Crippen LogP contribution is 2.36. The van der Waals surface area contributed by atoms with Gasteiger partial charge in [0.05, 0.1) is 13.2 Å². The van der Waals surface area contributed by atoms with E-state index in [0.717, 1.165) is 16.9 Å². The molecule has 2 aliphatic heterocycles. The number of carbonyl (C=O) groups excluding carboxylic acids is 3. The molecule has 0 radical (unpaired) electrons. The first-order chi connectivity index (χ1) is 16.3. The van der Waals surface area contributed by atoms with Gasteiger partial charge in [0.1, 0.15) is 12.1 Å². The van der Waals surface area contributed by atoms with Gasteiger partial charge in [-0.2, -0.15) is 0 Å². The van der Waals surface area contributed by atoms with Crippen molar-refractivity contribution in [2.45, 2.75) is 45.1 Å². The van der Waals surface area contributed by atoms with Gasteiger partial charge in [0.25, 0.3) is 5.91 Å². The maximum Gasteiger partial charge on any atom is 0.325 e. The van der Waals surface area contributed by atoms with Crippen molar-refractivity contribution in [1.82, 2.24) is 15.5 Å². The van der Waals surface area contributed by atoms with E-state index in [1.165, 1.54) is 5.56 Å². The Labute approximate surface area is 199 Å². The normalized spacial score (nSPS) is 19.7. The van der Waals surface area contributed by atoms with Gasteiger partial charge in [-0.3, -0.25) is 14.5 Å². The molecule has 0 aliphatic carbocycles. The van der Waals surface area contributed by atoms with Crippen LogP contribution in [-0.2, 0) is 21.5 Å². The number of carbonyl (C=O) groups is 3. The summed E-state index contributed by atoms with van der Waals surface area (Å²) in [6.45, 7) is 7.08. The summed E-state index contributed by atoms with van der Waals surface area (Å²) < 4.78 is 11.4. The minimum absolute atomic E-state index is 0.336. The van der Waals surface area contributed by atoms with Crippen LogP contribution in [0.3, 0.4) is 0 Å². The number of nitrogens with zero attached hydrogens (tertiary/aromatic N) is 1. The molecule has 1 fully saturated rings. The molecule has 8 nitrogen and oxygen atoms in total. The fraction of sp³-hybridized carbons (Fsp3) is 0.423. The van der Waals surface area contributed by atoms with Crippen molar-refractivity contribution in [1.29, 1.82) is 0 Å². The van der Waals surface area contributed by atoms with Crippen LogP contribution >= 0.6 is 0 Å². The molecule has 1 atom stereocenters. The van der Waals surface area contributed by atoms with E-state index in [0.29, 0.717) is 49.2 Å². The second-order valence-electron chi connectivity index (χ2n) is 9.15. The van der Waals surface area contributed by atoms with E-state index in [9.17, 15) is 14.4 Å². The number of rotatable bonds is 7. The Balaban J connectivity index is 1.36. The van der Waals surface area contributed by atoms with Crippen molar-refractivity contribution in [2.75, 3.05) is 26.3 Å². The summed E-state index contributed by atoms with van der Waals surface area (Å²) in [5.41, 5.74) is 1.66. The Morgan fingerprint density at radius 2 is 1.79 bits per heavy atom. The zero-order valence-corrected chi connectivity index (χ0v) is 19.8. The maximum absolute atomic E-state index is 13.2. The highest BCUT2D eigenvalue weighted by molar-refractivity contribution is 6.09. The number of nitrogens with one attached hydrogen (secondary N) is 2. The topological polar surface area (TPSA) is 97.0 Å². The van der Waals surface area contributed by atoms with Gasteiger partial charge in [-0.1, -0.05) is 44.2 Å². The molecular formula is C26H31N3O5. The molecule has 0 spiro atoms. The van der Waals surface area contributed by atoms with E-state index >= 15 is 0 Å².